The van der Waals surface area contributed by atoms with Gasteiger partial charge in [-0.1, -0.05) is 43.3 Å². The Morgan fingerprint density at radius 3 is 2.62 bits per heavy atom. The number of hydrogen-bond acceptors (Lipinski definition) is 3. The summed E-state index contributed by atoms with van der Waals surface area (Å²) < 4.78 is 6.03. The second kappa shape index (κ2) is 7.60. The number of benzene rings is 2. The molecule has 2 N–H and O–H groups in total. The van der Waals surface area contributed by atoms with Crippen LogP contribution in [0.2, 0.25) is 0 Å². The van der Waals surface area contributed by atoms with Crippen molar-refractivity contribution in [2.24, 2.45) is 0 Å². The fraction of sp³-hybridized carbons (Fsp3) is 0.360. The molecule has 2 aliphatic rings. The average molecular weight is 388 g/mol. The lowest BCUT2D eigenvalue weighted by Crippen LogP contribution is -2.50. The number of allylic oxidation sites excluding steroid dienone is 2. The van der Waals surface area contributed by atoms with Crippen LogP contribution < -0.4 is 10.1 Å². The number of ether oxygens (including phenoxy) is 1. The van der Waals surface area contributed by atoms with Crippen molar-refractivity contribution in [2.75, 3.05) is 19.6 Å². The summed E-state index contributed by atoms with van der Waals surface area (Å²) >= 11 is 0. The topological polar surface area (TPSA) is 40.3 Å². The van der Waals surface area contributed by atoms with Crippen molar-refractivity contribution < 1.29 is 4.74 Å². The highest BCUT2D eigenvalue weighted by Gasteiger charge is 2.32. The van der Waals surface area contributed by atoms with Crippen LogP contribution in [-0.2, 0) is 6.42 Å². The maximum atomic E-state index is 6.03. The normalized spacial score (nSPS) is 19.9. The van der Waals surface area contributed by atoms with Crippen LogP contribution in [0, 0.1) is 0 Å². The highest BCUT2D eigenvalue weighted by molar-refractivity contribution is 5.85. The number of H-pyrrole nitrogens is 1. The van der Waals surface area contributed by atoms with Gasteiger partial charge in [0.15, 0.2) is 0 Å². The molecule has 3 heterocycles. The third-order valence-electron chi connectivity index (χ3n) is 6.34. The molecule has 2 aromatic carbocycles. The number of para-hydroxylation sites is 1. The predicted molar refractivity (Wildman–Crippen MR) is 118 cm³/mol. The largest absolute Gasteiger partial charge is 0.488 e. The third kappa shape index (κ3) is 3.22. The monoisotopic (exact) mass is 387 g/mol. The van der Waals surface area contributed by atoms with Crippen molar-refractivity contribution in [1.82, 2.24) is 15.2 Å². The van der Waals surface area contributed by atoms with Crippen LogP contribution in [-0.4, -0.2) is 35.6 Å². The van der Waals surface area contributed by atoms with E-state index >= 15 is 0 Å². The van der Waals surface area contributed by atoms with Gasteiger partial charge in [-0.3, -0.25) is 0 Å². The zero-order valence-electron chi connectivity index (χ0n) is 17.2. The first-order chi connectivity index (χ1) is 14.3. The van der Waals surface area contributed by atoms with Crippen LogP contribution in [0.1, 0.15) is 43.1 Å². The molecule has 150 valence electrons. The van der Waals surface area contributed by atoms with E-state index in [9.17, 15) is 0 Å². The van der Waals surface area contributed by atoms with E-state index in [0.717, 1.165) is 38.2 Å². The number of fused-ring (bicyclic) bond motifs is 3. The molecule has 1 aromatic heterocycles. The smallest absolute Gasteiger partial charge is 0.123 e. The van der Waals surface area contributed by atoms with E-state index in [4.69, 9.17) is 4.74 Å². The first kappa shape index (κ1) is 18.3. The van der Waals surface area contributed by atoms with Gasteiger partial charge in [0.1, 0.15) is 11.9 Å². The van der Waals surface area contributed by atoms with Gasteiger partial charge in [-0.05, 0) is 49.1 Å². The van der Waals surface area contributed by atoms with Gasteiger partial charge in [-0.15, -0.1) is 0 Å². The molecule has 0 spiro atoms. The van der Waals surface area contributed by atoms with Crippen LogP contribution in [0.15, 0.2) is 60.3 Å². The highest BCUT2D eigenvalue weighted by atomic mass is 16.5. The molecule has 1 fully saturated rings. The van der Waals surface area contributed by atoms with Crippen LogP contribution in [0.25, 0.3) is 10.9 Å². The fourth-order valence-electron chi connectivity index (χ4n) is 4.74. The number of rotatable bonds is 5. The SMILES string of the molecule is C/C=C(\CC)N1CCc2c([nH]c3ccccc23)C1c1ccc(OC2CNC2)cc1. The molecule has 4 nitrogen and oxygen atoms in total. The van der Waals surface area contributed by atoms with Crippen molar-refractivity contribution in [2.45, 2.75) is 38.8 Å². The van der Waals surface area contributed by atoms with E-state index in [1.54, 1.807) is 0 Å². The maximum Gasteiger partial charge on any atom is 0.123 e. The minimum atomic E-state index is 0.205. The zero-order chi connectivity index (χ0) is 19.8. The van der Waals surface area contributed by atoms with E-state index in [1.165, 1.54) is 33.4 Å². The minimum Gasteiger partial charge on any atom is -0.488 e. The van der Waals surface area contributed by atoms with Crippen molar-refractivity contribution in [3.63, 3.8) is 0 Å². The summed E-state index contributed by atoms with van der Waals surface area (Å²) in [6.07, 6.45) is 4.69. The van der Waals surface area contributed by atoms with Crippen molar-refractivity contribution in [3.05, 3.63) is 77.1 Å². The number of nitrogens with one attached hydrogen (secondary N) is 2. The summed E-state index contributed by atoms with van der Waals surface area (Å²) in [5.41, 5.74) is 6.75. The molecule has 4 heteroatoms. The van der Waals surface area contributed by atoms with Gasteiger partial charge in [-0.25, -0.2) is 0 Å². The van der Waals surface area contributed by atoms with E-state index in [1.807, 2.05) is 0 Å². The Balaban J connectivity index is 1.56. The van der Waals surface area contributed by atoms with Gasteiger partial charge in [0.05, 0.1) is 6.04 Å². The molecule has 5 rings (SSSR count). The molecule has 1 atom stereocenters. The van der Waals surface area contributed by atoms with Gasteiger partial charge < -0.3 is 19.9 Å². The van der Waals surface area contributed by atoms with E-state index < -0.39 is 0 Å². The Hall–Kier alpha value is -2.72. The fourth-order valence-corrected chi connectivity index (χ4v) is 4.74. The average Bonchev–Trinajstić information content (AvgIpc) is 3.11. The Morgan fingerprint density at radius 1 is 1.14 bits per heavy atom. The molecule has 1 unspecified atom stereocenters. The molecule has 3 aromatic rings. The summed E-state index contributed by atoms with van der Waals surface area (Å²) in [6.45, 7) is 7.32. The number of nitrogens with zero attached hydrogens (tertiary/aromatic N) is 1. The first-order valence-corrected chi connectivity index (χ1v) is 10.8. The lowest BCUT2D eigenvalue weighted by atomic mass is 9.91. The second-order valence-electron chi connectivity index (χ2n) is 8.01. The highest BCUT2D eigenvalue weighted by Crippen LogP contribution is 2.41. The van der Waals surface area contributed by atoms with E-state index in [-0.39, 0.29) is 6.04 Å². The van der Waals surface area contributed by atoms with Crippen LogP contribution in [0.4, 0.5) is 0 Å². The first-order valence-electron chi connectivity index (χ1n) is 10.8. The Bertz CT molecular complexity index is 1030. The molecule has 0 radical (unpaired) electrons. The second-order valence-corrected chi connectivity index (χ2v) is 8.01. The standard InChI is InChI=1S/C25H29N3O/c1-3-18(4-2)28-14-13-22-21-7-5-6-8-23(21)27-24(22)25(28)17-9-11-19(12-10-17)29-20-15-26-16-20/h3,5-12,20,25-27H,4,13-16H2,1-2H3/b18-3+. The predicted octanol–water partition coefficient (Wildman–Crippen LogP) is 4.78. The molecule has 0 bridgehead atoms. The Labute approximate surface area is 172 Å². The lowest BCUT2D eigenvalue weighted by molar-refractivity contribution is 0.142. The maximum absolute atomic E-state index is 6.03. The molecule has 0 saturated carbocycles. The van der Waals surface area contributed by atoms with Crippen LogP contribution >= 0.6 is 0 Å². The van der Waals surface area contributed by atoms with Gasteiger partial charge in [0, 0.05) is 41.9 Å². The quantitative estimate of drug-likeness (QED) is 0.662. The third-order valence-corrected chi connectivity index (χ3v) is 6.34. The van der Waals surface area contributed by atoms with Crippen LogP contribution in [0.3, 0.4) is 0 Å². The molecular formula is C25H29N3O. The summed E-state index contributed by atoms with van der Waals surface area (Å²) in [7, 11) is 0. The van der Waals surface area contributed by atoms with Crippen molar-refractivity contribution in [3.8, 4) is 5.75 Å². The molecule has 0 amide bonds. The van der Waals surface area contributed by atoms with Gasteiger partial charge in [0.25, 0.3) is 0 Å². The van der Waals surface area contributed by atoms with E-state index in [0.29, 0.717) is 6.10 Å². The molecule has 2 aliphatic heterocycles. The van der Waals surface area contributed by atoms with Crippen LogP contribution in [0.5, 0.6) is 5.75 Å². The molecule has 1 saturated heterocycles. The van der Waals surface area contributed by atoms with Gasteiger partial charge >= 0.3 is 0 Å². The Kier molecular flexibility index (Phi) is 4.80. The summed E-state index contributed by atoms with van der Waals surface area (Å²) in [6, 6.07) is 17.6. The number of aromatic nitrogens is 1. The van der Waals surface area contributed by atoms with Crippen molar-refractivity contribution in [1.29, 1.82) is 0 Å². The molecule has 29 heavy (non-hydrogen) atoms. The number of hydrogen-bond donors (Lipinski definition) is 2. The number of aromatic amines is 1. The molecular weight excluding hydrogens is 358 g/mol. The van der Waals surface area contributed by atoms with E-state index in [2.05, 4.69) is 83.7 Å². The lowest BCUT2D eigenvalue weighted by Gasteiger charge is -2.39. The summed E-state index contributed by atoms with van der Waals surface area (Å²) in [5.74, 6) is 0.959. The zero-order valence-corrected chi connectivity index (χ0v) is 17.2. The van der Waals surface area contributed by atoms with Gasteiger partial charge in [-0.2, -0.15) is 0 Å². The van der Waals surface area contributed by atoms with Crippen molar-refractivity contribution >= 4 is 10.9 Å². The Morgan fingerprint density at radius 2 is 1.93 bits per heavy atom. The minimum absolute atomic E-state index is 0.205. The summed E-state index contributed by atoms with van der Waals surface area (Å²) in [5, 5.41) is 4.62. The molecule has 0 aliphatic carbocycles. The van der Waals surface area contributed by atoms with Gasteiger partial charge in [0.2, 0.25) is 0 Å². The summed E-state index contributed by atoms with van der Waals surface area (Å²) in [4.78, 5) is 6.33.